The molecule has 1 heterocycles. The van der Waals surface area contributed by atoms with Gasteiger partial charge in [0.05, 0.1) is 11.4 Å². The Morgan fingerprint density at radius 2 is 0.875 bits per heavy atom. The molecule has 0 atom stereocenters. The van der Waals surface area contributed by atoms with Gasteiger partial charge in [0.25, 0.3) is 0 Å². The van der Waals surface area contributed by atoms with E-state index in [1.54, 1.807) is 0 Å². The van der Waals surface area contributed by atoms with Crippen molar-refractivity contribution in [1.29, 1.82) is 0 Å². The molecule has 7 rings (SSSR count). The Hall–Kier alpha value is -5.28. The van der Waals surface area contributed by atoms with E-state index in [1.165, 1.54) is 5.56 Å². The highest BCUT2D eigenvalue weighted by Gasteiger charge is 2.21. The molecular weight excluding hydrogens is 488 g/mol. The van der Waals surface area contributed by atoms with Crippen LogP contribution >= 0.6 is 0 Å². The van der Waals surface area contributed by atoms with Crippen LogP contribution in [0.4, 0.5) is 34.1 Å². The van der Waals surface area contributed by atoms with Crippen molar-refractivity contribution in [1.82, 2.24) is 0 Å². The minimum Gasteiger partial charge on any atom is -0.456 e. The van der Waals surface area contributed by atoms with Crippen molar-refractivity contribution in [3.8, 4) is 0 Å². The predicted octanol–water partition coefficient (Wildman–Crippen LogP) is 10.8. The topological polar surface area (TPSA) is 19.6 Å². The van der Waals surface area contributed by atoms with E-state index in [-0.39, 0.29) is 0 Å². The first-order chi connectivity index (χ1) is 19.8. The summed E-state index contributed by atoms with van der Waals surface area (Å²) < 4.78 is 6.15. The van der Waals surface area contributed by atoms with Crippen molar-refractivity contribution in [3.63, 3.8) is 0 Å². The summed E-state index contributed by atoms with van der Waals surface area (Å²) in [4.78, 5) is 4.67. The van der Waals surface area contributed by atoms with E-state index in [1.807, 2.05) is 12.1 Å². The van der Waals surface area contributed by atoms with Crippen molar-refractivity contribution in [3.05, 3.63) is 157 Å². The Kier molecular flexibility index (Phi) is 6.02. The second kappa shape index (κ2) is 10.1. The Balaban J connectivity index is 1.44. The highest BCUT2D eigenvalue weighted by molar-refractivity contribution is 6.06. The summed E-state index contributed by atoms with van der Waals surface area (Å²) in [7, 11) is 0. The van der Waals surface area contributed by atoms with Crippen LogP contribution in [0.15, 0.2) is 156 Å². The van der Waals surface area contributed by atoms with E-state index in [0.717, 1.165) is 56.1 Å². The smallest absolute Gasteiger partial charge is 0.135 e. The van der Waals surface area contributed by atoms with E-state index >= 15 is 0 Å². The lowest BCUT2D eigenvalue weighted by atomic mass is 10.1. The minimum atomic E-state index is 0.891. The van der Waals surface area contributed by atoms with Crippen LogP contribution in [-0.4, -0.2) is 0 Å². The molecule has 0 aliphatic rings. The highest BCUT2D eigenvalue weighted by Crippen LogP contribution is 2.44. The fourth-order valence-electron chi connectivity index (χ4n) is 5.53. The second-order valence-corrected chi connectivity index (χ2v) is 9.88. The first-order valence-electron chi connectivity index (χ1n) is 13.5. The Bertz CT molecular complexity index is 1870. The second-order valence-electron chi connectivity index (χ2n) is 9.88. The molecule has 0 saturated carbocycles. The quantitative estimate of drug-likeness (QED) is 0.219. The number of rotatable bonds is 6. The predicted molar refractivity (Wildman–Crippen MR) is 168 cm³/mol. The summed E-state index contributed by atoms with van der Waals surface area (Å²) in [6, 6.07) is 52.9. The number of nitrogens with zero attached hydrogens (tertiary/aromatic N) is 2. The third-order valence-corrected chi connectivity index (χ3v) is 7.42. The minimum absolute atomic E-state index is 0.891. The van der Waals surface area contributed by atoms with E-state index in [0.29, 0.717) is 0 Å². The summed E-state index contributed by atoms with van der Waals surface area (Å²) in [5, 5.41) is 2.23. The molecule has 0 radical (unpaired) electrons. The molecule has 3 nitrogen and oxygen atoms in total. The van der Waals surface area contributed by atoms with Crippen LogP contribution in [0.25, 0.3) is 21.9 Å². The molecule has 0 N–H and O–H groups in total. The molecule has 3 heteroatoms. The molecule has 1 aromatic heterocycles. The van der Waals surface area contributed by atoms with E-state index in [4.69, 9.17) is 4.42 Å². The number of fused-ring (bicyclic) bond motifs is 3. The van der Waals surface area contributed by atoms with Gasteiger partial charge in [-0.2, -0.15) is 0 Å². The van der Waals surface area contributed by atoms with Gasteiger partial charge in [0, 0.05) is 33.5 Å². The summed E-state index contributed by atoms with van der Waals surface area (Å²) >= 11 is 0. The van der Waals surface area contributed by atoms with E-state index in [9.17, 15) is 0 Å². The maximum Gasteiger partial charge on any atom is 0.135 e. The number of anilines is 6. The normalized spacial score (nSPS) is 11.1. The van der Waals surface area contributed by atoms with Crippen molar-refractivity contribution in [2.45, 2.75) is 6.92 Å². The largest absolute Gasteiger partial charge is 0.456 e. The summed E-state index contributed by atoms with van der Waals surface area (Å²) in [5.74, 6) is 0. The van der Waals surface area contributed by atoms with E-state index in [2.05, 4.69) is 156 Å². The molecule has 0 unspecified atom stereocenters. The molecule has 7 aromatic rings. The first kappa shape index (κ1) is 23.8. The molecule has 0 aliphatic carbocycles. The van der Waals surface area contributed by atoms with Gasteiger partial charge in [-0.25, -0.2) is 0 Å². The van der Waals surface area contributed by atoms with Crippen LogP contribution in [0, 0.1) is 6.92 Å². The number of hydrogen-bond acceptors (Lipinski definition) is 3. The van der Waals surface area contributed by atoms with Crippen LogP contribution in [0.5, 0.6) is 0 Å². The zero-order chi connectivity index (χ0) is 26.9. The maximum absolute atomic E-state index is 6.15. The van der Waals surface area contributed by atoms with Gasteiger partial charge in [-0.05, 0) is 85.3 Å². The Morgan fingerprint density at radius 1 is 0.400 bits per heavy atom. The van der Waals surface area contributed by atoms with Crippen LogP contribution < -0.4 is 9.80 Å². The fraction of sp³-hybridized carbons (Fsp3) is 0.0270. The third-order valence-electron chi connectivity index (χ3n) is 7.42. The molecule has 0 spiro atoms. The first-order valence-corrected chi connectivity index (χ1v) is 13.5. The molecular formula is C37H28N2O. The highest BCUT2D eigenvalue weighted by atomic mass is 16.3. The van der Waals surface area contributed by atoms with Gasteiger partial charge in [0.1, 0.15) is 11.2 Å². The summed E-state index contributed by atoms with van der Waals surface area (Å²) in [5.41, 5.74) is 9.63. The molecule has 0 bridgehead atoms. The lowest BCUT2D eigenvalue weighted by Gasteiger charge is -2.31. The van der Waals surface area contributed by atoms with Gasteiger partial charge in [-0.3, -0.25) is 0 Å². The molecule has 0 saturated heterocycles. The summed E-state index contributed by atoms with van der Waals surface area (Å²) in [6.45, 7) is 2.21. The fourth-order valence-corrected chi connectivity index (χ4v) is 5.53. The average Bonchev–Trinajstić information content (AvgIpc) is 3.39. The zero-order valence-electron chi connectivity index (χ0n) is 22.2. The summed E-state index contributed by atoms with van der Waals surface area (Å²) in [6.07, 6.45) is 0. The van der Waals surface area contributed by atoms with Crippen molar-refractivity contribution >= 4 is 56.1 Å². The average molecular weight is 517 g/mol. The number of benzene rings is 6. The van der Waals surface area contributed by atoms with Crippen LogP contribution in [-0.2, 0) is 0 Å². The van der Waals surface area contributed by atoms with Crippen LogP contribution in [0.3, 0.4) is 0 Å². The van der Waals surface area contributed by atoms with E-state index < -0.39 is 0 Å². The maximum atomic E-state index is 6.15. The molecule has 0 fully saturated rings. The van der Waals surface area contributed by atoms with Gasteiger partial charge in [0.15, 0.2) is 0 Å². The van der Waals surface area contributed by atoms with Crippen LogP contribution in [0.1, 0.15) is 5.56 Å². The number of para-hydroxylation sites is 4. The number of furan rings is 1. The molecule has 6 aromatic carbocycles. The molecule has 0 aliphatic heterocycles. The third kappa shape index (κ3) is 4.18. The lowest BCUT2D eigenvalue weighted by Crippen LogP contribution is -2.15. The zero-order valence-corrected chi connectivity index (χ0v) is 22.2. The molecule has 192 valence electrons. The van der Waals surface area contributed by atoms with Gasteiger partial charge in [-0.1, -0.05) is 78.9 Å². The Morgan fingerprint density at radius 3 is 1.45 bits per heavy atom. The van der Waals surface area contributed by atoms with Crippen molar-refractivity contribution < 1.29 is 4.42 Å². The number of hydrogen-bond donors (Lipinski definition) is 0. The molecule has 0 amide bonds. The SMILES string of the molecule is Cc1c(N(c2ccccc2)c2ccccc2)cccc1N(c1ccccc1)c1ccc2oc3ccccc3c2c1. The van der Waals surface area contributed by atoms with Crippen LogP contribution in [0.2, 0.25) is 0 Å². The van der Waals surface area contributed by atoms with Gasteiger partial charge < -0.3 is 14.2 Å². The van der Waals surface area contributed by atoms with Gasteiger partial charge >= 0.3 is 0 Å². The lowest BCUT2D eigenvalue weighted by molar-refractivity contribution is 0.669. The molecule has 40 heavy (non-hydrogen) atoms. The van der Waals surface area contributed by atoms with Crippen molar-refractivity contribution in [2.75, 3.05) is 9.80 Å². The van der Waals surface area contributed by atoms with Gasteiger partial charge in [0.2, 0.25) is 0 Å². The monoisotopic (exact) mass is 516 g/mol. The standard InChI is InChI=1S/C37H28N2O/c1-27-34(38(28-14-5-2-6-15-28)29-16-7-3-8-17-29)21-13-22-35(27)39(30-18-9-4-10-19-30)31-24-25-37-33(26-31)32-20-11-12-23-36(32)40-37/h2-26H,1H3. The van der Waals surface area contributed by atoms with Gasteiger partial charge in [-0.15, -0.1) is 0 Å². The Labute approximate surface area is 234 Å². The van der Waals surface area contributed by atoms with Crippen molar-refractivity contribution in [2.24, 2.45) is 0 Å².